The lowest BCUT2D eigenvalue weighted by Crippen LogP contribution is -2.22. The van der Waals surface area contributed by atoms with Crippen molar-refractivity contribution in [2.24, 2.45) is 7.05 Å². The largest absolute Gasteiger partial charge is 0.496 e. The molecule has 0 saturated heterocycles. The van der Waals surface area contributed by atoms with E-state index < -0.39 is 0 Å². The molecule has 1 N–H and O–H groups in total. The smallest absolute Gasteiger partial charge is 0.115 e. The zero-order valence-corrected chi connectivity index (χ0v) is 9.23. The molecule has 1 aromatic heterocycles. The van der Waals surface area contributed by atoms with Crippen LogP contribution in [0.2, 0.25) is 0 Å². The molecule has 0 amide bonds. The summed E-state index contributed by atoms with van der Waals surface area (Å²) in [7, 11) is 3.90. The molecular weight excluding hydrogens is 190 g/mol. The number of hydrogen-bond acceptors (Lipinski definition) is 3. The Balaban J connectivity index is 2.19. The van der Waals surface area contributed by atoms with Crippen LogP contribution < -0.4 is 5.32 Å². The van der Waals surface area contributed by atoms with Crippen molar-refractivity contribution in [3.05, 3.63) is 30.1 Å². The highest BCUT2D eigenvalue weighted by molar-refractivity contribution is 5.17. The third-order valence-electron chi connectivity index (χ3n) is 2.56. The summed E-state index contributed by atoms with van der Waals surface area (Å²) in [6, 6.07) is 0.0894. The van der Waals surface area contributed by atoms with Gasteiger partial charge in [0, 0.05) is 13.2 Å². The number of ether oxygens (including phenoxy) is 1. The van der Waals surface area contributed by atoms with Crippen LogP contribution in [0.15, 0.2) is 24.4 Å². The van der Waals surface area contributed by atoms with E-state index in [1.165, 1.54) is 0 Å². The number of nitrogens with zero attached hydrogens (tertiary/aromatic N) is 2. The lowest BCUT2D eigenvalue weighted by molar-refractivity contribution is 0.169. The minimum absolute atomic E-state index is 0.0894. The molecule has 0 radical (unpaired) electrons. The number of allylic oxidation sites excluding steroid dienone is 1. The van der Waals surface area contributed by atoms with Crippen molar-refractivity contribution in [1.82, 2.24) is 14.9 Å². The second kappa shape index (κ2) is 4.49. The van der Waals surface area contributed by atoms with Crippen molar-refractivity contribution in [3.8, 4) is 0 Å². The Bertz CT molecular complexity index is 356. The Hall–Kier alpha value is -1.29. The summed E-state index contributed by atoms with van der Waals surface area (Å²) in [5.41, 5.74) is 1.01. The Kier molecular flexibility index (Phi) is 3.06. The summed E-state index contributed by atoms with van der Waals surface area (Å²) in [4.78, 5) is 4.34. The second-order valence-corrected chi connectivity index (χ2v) is 3.78. The van der Waals surface area contributed by atoms with Gasteiger partial charge in [0.05, 0.1) is 18.6 Å². The fourth-order valence-corrected chi connectivity index (χ4v) is 1.80. The zero-order valence-electron chi connectivity index (χ0n) is 9.23. The van der Waals surface area contributed by atoms with Gasteiger partial charge in [0.1, 0.15) is 11.8 Å². The van der Waals surface area contributed by atoms with Crippen LogP contribution in [-0.4, -0.2) is 23.2 Å². The highest BCUT2D eigenvalue weighted by Gasteiger charge is 2.19. The Morgan fingerprint density at radius 2 is 2.47 bits per heavy atom. The van der Waals surface area contributed by atoms with Gasteiger partial charge in [0.25, 0.3) is 0 Å². The molecule has 82 valence electrons. The fraction of sp³-hybridized carbons (Fsp3) is 0.545. The Morgan fingerprint density at radius 3 is 3.00 bits per heavy atom. The molecule has 0 aromatic carbocycles. The predicted molar refractivity (Wildman–Crippen MR) is 58.3 cm³/mol. The average Bonchev–Trinajstić information content (AvgIpc) is 2.68. The van der Waals surface area contributed by atoms with E-state index in [9.17, 15) is 0 Å². The van der Waals surface area contributed by atoms with Crippen molar-refractivity contribution >= 4 is 0 Å². The number of aryl methyl sites for hydroxylation is 1. The number of hydrogen-bond donors (Lipinski definition) is 1. The molecule has 0 aliphatic carbocycles. The normalized spacial score (nSPS) is 18.1. The molecular formula is C11H17N3O. The summed E-state index contributed by atoms with van der Waals surface area (Å²) >= 11 is 0. The van der Waals surface area contributed by atoms with Crippen molar-refractivity contribution in [1.29, 1.82) is 0 Å². The van der Waals surface area contributed by atoms with Crippen LogP contribution in [0, 0.1) is 0 Å². The van der Waals surface area contributed by atoms with Crippen LogP contribution in [0.4, 0.5) is 0 Å². The second-order valence-electron chi connectivity index (χ2n) is 3.78. The Labute approximate surface area is 90.0 Å². The lowest BCUT2D eigenvalue weighted by Gasteiger charge is -2.21. The van der Waals surface area contributed by atoms with Crippen molar-refractivity contribution in [2.45, 2.75) is 18.9 Å². The highest BCUT2D eigenvalue weighted by Crippen LogP contribution is 2.24. The maximum Gasteiger partial charge on any atom is 0.115 e. The zero-order chi connectivity index (χ0) is 10.7. The van der Waals surface area contributed by atoms with Gasteiger partial charge >= 0.3 is 0 Å². The molecule has 2 rings (SSSR count). The Morgan fingerprint density at radius 1 is 1.60 bits per heavy atom. The van der Waals surface area contributed by atoms with E-state index in [0.29, 0.717) is 0 Å². The number of imidazole rings is 1. The van der Waals surface area contributed by atoms with E-state index in [4.69, 9.17) is 4.74 Å². The molecule has 1 aliphatic heterocycles. The van der Waals surface area contributed by atoms with Crippen molar-refractivity contribution < 1.29 is 4.74 Å². The fourth-order valence-electron chi connectivity index (χ4n) is 1.80. The molecule has 1 atom stereocenters. The number of aromatic nitrogens is 2. The van der Waals surface area contributed by atoms with E-state index in [0.717, 1.165) is 30.9 Å². The summed E-state index contributed by atoms with van der Waals surface area (Å²) in [5, 5.41) is 3.23. The number of likely N-dealkylation sites (N-methyl/N-ethyl adjacent to an activating group) is 1. The third-order valence-corrected chi connectivity index (χ3v) is 2.56. The van der Waals surface area contributed by atoms with Crippen LogP contribution in [-0.2, 0) is 11.8 Å². The first kappa shape index (κ1) is 10.2. The van der Waals surface area contributed by atoms with Gasteiger partial charge in [-0.25, -0.2) is 4.98 Å². The monoisotopic (exact) mass is 207 g/mol. The summed E-state index contributed by atoms with van der Waals surface area (Å²) in [6.07, 6.45) is 8.19. The van der Waals surface area contributed by atoms with Crippen LogP contribution in [0.3, 0.4) is 0 Å². The number of nitrogens with one attached hydrogen (secondary N) is 1. The molecule has 15 heavy (non-hydrogen) atoms. The molecule has 4 nitrogen and oxygen atoms in total. The van der Waals surface area contributed by atoms with Gasteiger partial charge in [-0.2, -0.15) is 0 Å². The van der Waals surface area contributed by atoms with Gasteiger partial charge in [0.15, 0.2) is 0 Å². The molecule has 0 bridgehead atoms. The van der Waals surface area contributed by atoms with Crippen molar-refractivity contribution in [3.63, 3.8) is 0 Å². The summed E-state index contributed by atoms with van der Waals surface area (Å²) < 4.78 is 7.59. The van der Waals surface area contributed by atoms with Crippen LogP contribution >= 0.6 is 0 Å². The molecule has 0 spiro atoms. The SMILES string of the molecule is CNC(C1=CCCCO1)c1cn(C)cn1. The molecule has 0 saturated carbocycles. The van der Waals surface area contributed by atoms with Gasteiger partial charge in [-0.15, -0.1) is 0 Å². The molecule has 0 fully saturated rings. The van der Waals surface area contributed by atoms with Gasteiger partial charge in [-0.3, -0.25) is 0 Å². The van der Waals surface area contributed by atoms with Gasteiger partial charge in [-0.1, -0.05) is 0 Å². The molecule has 1 aliphatic rings. The third kappa shape index (κ3) is 2.21. The molecule has 1 unspecified atom stereocenters. The average molecular weight is 207 g/mol. The van der Waals surface area contributed by atoms with Gasteiger partial charge < -0.3 is 14.6 Å². The van der Waals surface area contributed by atoms with E-state index in [2.05, 4.69) is 16.4 Å². The summed E-state index contributed by atoms with van der Waals surface area (Å²) in [5.74, 6) is 1.00. The predicted octanol–water partition coefficient (Wildman–Crippen LogP) is 1.37. The quantitative estimate of drug-likeness (QED) is 0.813. The molecule has 2 heterocycles. The van der Waals surface area contributed by atoms with E-state index >= 15 is 0 Å². The topological polar surface area (TPSA) is 39.1 Å². The maximum atomic E-state index is 5.64. The molecule has 1 aromatic rings. The minimum atomic E-state index is 0.0894. The van der Waals surface area contributed by atoms with E-state index in [-0.39, 0.29) is 6.04 Å². The minimum Gasteiger partial charge on any atom is -0.496 e. The molecule has 4 heteroatoms. The maximum absolute atomic E-state index is 5.64. The van der Waals surface area contributed by atoms with E-state index in [1.54, 1.807) is 0 Å². The number of rotatable bonds is 3. The van der Waals surface area contributed by atoms with E-state index in [1.807, 2.05) is 31.2 Å². The van der Waals surface area contributed by atoms with Crippen LogP contribution in [0.25, 0.3) is 0 Å². The lowest BCUT2D eigenvalue weighted by atomic mass is 10.1. The summed E-state index contributed by atoms with van der Waals surface area (Å²) in [6.45, 7) is 0.816. The first-order chi connectivity index (χ1) is 7.31. The standard InChI is InChI=1S/C11H17N3O/c1-12-11(9-7-14(2)8-13-9)10-5-3-4-6-15-10/h5,7-8,11-12H,3-4,6H2,1-2H3. The first-order valence-electron chi connectivity index (χ1n) is 5.29. The van der Waals surface area contributed by atoms with Crippen molar-refractivity contribution in [2.75, 3.05) is 13.7 Å². The van der Waals surface area contributed by atoms with Crippen LogP contribution in [0.1, 0.15) is 24.6 Å². The van der Waals surface area contributed by atoms with Crippen LogP contribution in [0.5, 0.6) is 0 Å². The highest BCUT2D eigenvalue weighted by atomic mass is 16.5. The van der Waals surface area contributed by atoms with Gasteiger partial charge in [0.2, 0.25) is 0 Å². The first-order valence-corrected chi connectivity index (χ1v) is 5.29. The van der Waals surface area contributed by atoms with Gasteiger partial charge in [-0.05, 0) is 26.0 Å².